The SMILES string of the molecule is O=C(c1cccc(N2CCCC2=O)c1)N1CCN(Cc2ccccc2)CC1. The molecule has 0 N–H and O–H groups in total. The molecule has 2 amide bonds. The number of benzene rings is 2. The molecule has 5 heteroatoms. The number of rotatable bonds is 4. The summed E-state index contributed by atoms with van der Waals surface area (Å²) in [5.74, 6) is 0.206. The summed E-state index contributed by atoms with van der Waals surface area (Å²) < 4.78 is 0. The number of nitrogens with zero attached hydrogens (tertiary/aromatic N) is 3. The molecule has 0 spiro atoms. The van der Waals surface area contributed by atoms with Crippen molar-refractivity contribution in [3.8, 4) is 0 Å². The second-order valence-corrected chi connectivity index (χ2v) is 7.25. The minimum absolute atomic E-state index is 0.0582. The molecule has 0 saturated carbocycles. The first kappa shape index (κ1) is 17.7. The fourth-order valence-corrected chi connectivity index (χ4v) is 3.86. The zero-order chi connectivity index (χ0) is 18.6. The van der Waals surface area contributed by atoms with Gasteiger partial charge in [-0.3, -0.25) is 14.5 Å². The van der Waals surface area contributed by atoms with Gasteiger partial charge in [-0.2, -0.15) is 0 Å². The van der Waals surface area contributed by atoms with Gasteiger partial charge in [0, 0.05) is 56.9 Å². The smallest absolute Gasteiger partial charge is 0.254 e. The van der Waals surface area contributed by atoms with Gasteiger partial charge in [0.15, 0.2) is 0 Å². The molecule has 2 aromatic carbocycles. The minimum atomic E-state index is 0.0582. The molecule has 0 aromatic heterocycles. The van der Waals surface area contributed by atoms with E-state index in [9.17, 15) is 9.59 Å². The Hall–Kier alpha value is -2.66. The summed E-state index contributed by atoms with van der Waals surface area (Å²) in [7, 11) is 0. The molecule has 2 aliphatic rings. The van der Waals surface area contributed by atoms with Crippen LogP contribution in [0.3, 0.4) is 0 Å². The van der Waals surface area contributed by atoms with Gasteiger partial charge in [-0.25, -0.2) is 0 Å². The Labute approximate surface area is 160 Å². The van der Waals surface area contributed by atoms with Gasteiger partial charge in [0.2, 0.25) is 5.91 Å². The molecule has 2 aromatic rings. The summed E-state index contributed by atoms with van der Waals surface area (Å²) in [6.45, 7) is 4.90. The van der Waals surface area contributed by atoms with Crippen LogP contribution in [0.4, 0.5) is 5.69 Å². The monoisotopic (exact) mass is 363 g/mol. The van der Waals surface area contributed by atoms with Gasteiger partial charge in [0.1, 0.15) is 0 Å². The zero-order valence-electron chi connectivity index (χ0n) is 15.5. The Morgan fingerprint density at radius 2 is 1.67 bits per heavy atom. The lowest BCUT2D eigenvalue weighted by Gasteiger charge is -2.35. The summed E-state index contributed by atoms with van der Waals surface area (Å²) in [6.07, 6.45) is 1.49. The van der Waals surface area contributed by atoms with Gasteiger partial charge < -0.3 is 9.80 Å². The number of amides is 2. The van der Waals surface area contributed by atoms with Crippen molar-refractivity contribution in [2.24, 2.45) is 0 Å². The van der Waals surface area contributed by atoms with E-state index in [1.807, 2.05) is 35.2 Å². The van der Waals surface area contributed by atoms with Crippen LogP contribution in [0.2, 0.25) is 0 Å². The molecule has 0 atom stereocenters. The van der Waals surface area contributed by atoms with Crippen molar-refractivity contribution < 1.29 is 9.59 Å². The third-order valence-electron chi connectivity index (χ3n) is 5.39. The number of carbonyl (C=O) groups is 2. The second-order valence-electron chi connectivity index (χ2n) is 7.25. The van der Waals surface area contributed by atoms with E-state index in [1.54, 1.807) is 4.90 Å². The van der Waals surface area contributed by atoms with Crippen LogP contribution in [-0.4, -0.2) is 54.3 Å². The van der Waals surface area contributed by atoms with E-state index in [4.69, 9.17) is 0 Å². The Bertz CT molecular complexity index is 813. The topological polar surface area (TPSA) is 43.9 Å². The van der Waals surface area contributed by atoms with E-state index < -0.39 is 0 Å². The molecule has 140 valence electrons. The molecule has 0 unspecified atom stereocenters. The maximum absolute atomic E-state index is 12.9. The first-order valence-corrected chi connectivity index (χ1v) is 9.67. The van der Waals surface area contributed by atoms with Crippen molar-refractivity contribution in [1.82, 2.24) is 9.80 Å². The highest BCUT2D eigenvalue weighted by molar-refractivity contribution is 5.99. The Morgan fingerprint density at radius 3 is 2.37 bits per heavy atom. The summed E-state index contributed by atoms with van der Waals surface area (Å²) >= 11 is 0. The Balaban J connectivity index is 1.37. The van der Waals surface area contributed by atoms with E-state index >= 15 is 0 Å². The van der Waals surface area contributed by atoms with Crippen LogP contribution in [0.5, 0.6) is 0 Å². The largest absolute Gasteiger partial charge is 0.336 e. The quantitative estimate of drug-likeness (QED) is 0.839. The predicted molar refractivity (Wildman–Crippen MR) is 106 cm³/mol. The molecular weight excluding hydrogens is 338 g/mol. The summed E-state index contributed by atoms with van der Waals surface area (Å²) in [5.41, 5.74) is 2.81. The number of hydrogen-bond acceptors (Lipinski definition) is 3. The lowest BCUT2D eigenvalue weighted by Crippen LogP contribution is -2.48. The van der Waals surface area contributed by atoms with Crippen LogP contribution in [0.1, 0.15) is 28.8 Å². The Morgan fingerprint density at radius 1 is 0.889 bits per heavy atom. The first-order valence-electron chi connectivity index (χ1n) is 9.67. The van der Waals surface area contributed by atoms with Gasteiger partial charge in [0.25, 0.3) is 5.91 Å². The van der Waals surface area contributed by atoms with Crippen molar-refractivity contribution in [3.05, 3.63) is 65.7 Å². The number of carbonyl (C=O) groups excluding carboxylic acids is 2. The normalized spacial score (nSPS) is 18.1. The third-order valence-corrected chi connectivity index (χ3v) is 5.39. The van der Waals surface area contributed by atoms with E-state index in [1.165, 1.54) is 5.56 Å². The van der Waals surface area contributed by atoms with Crippen LogP contribution in [0, 0.1) is 0 Å². The molecule has 2 aliphatic heterocycles. The Kier molecular flexibility index (Phi) is 5.21. The molecular formula is C22H25N3O2. The highest BCUT2D eigenvalue weighted by Crippen LogP contribution is 2.23. The number of anilines is 1. The molecule has 2 fully saturated rings. The highest BCUT2D eigenvalue weighted by Gasteiger charge is 2.25. The summed E-state index contributed by atoms with van der Waals surface area (Å²) in [4.78, 5) is 31.0. The molecule has 4 rings (SSSR count). The number of piperazine rings is 1. The predicted octanol–water partition coefficient (Wildman–Crippen LogP) is 2.77. The van der Waals surface area contributed by atoms with Crippen LogP contribution in [-0.2, 0) is 11.3 Å². The minimum Gasteiger partial charge on any atom is -0.336 e. The van der Waals surface area contributed by atoms with Gasteiger partial charge in [-0.15, -0.1) is 0 Å². The van der Waals surface area contributed by atoms with Gasteiger partial charge in [0.05, 0.1) is 0 Å². The summed E-state index contributed by atoms with van der Waals surface area (Å²) in [5, 5.41) is 0. The fraction of sp³-hybridized carbons (Fsp3) is 0.364. The highest BCUT2D eigenvalue weighted by atomic mass is 16.2. The molecule has 5 nitrogen and oxygen atoms in total. The van der Waals surface area contributed by atoms with Crippen LogP contribution < -0.4 is 4.90 Å². The van der Waals surface area contributed by atoms with Crippen molar-refractivity contribution in [3.63, 3.8) is 0 Å². The molecule has 2 heterocycles. The van der Waals surface area contributed by atoms with Crippen molar-refractivity contribution in [2.75, 3.05) is 37.6 Å². The average Bonchev–Trinajstić information content (AvgIpc) is 3.15. The average molecular weight is 363 g/mol. The van der Waals surface area contributed by atoms with Crippen LogP contribution in [0.25, 0.3) is 0 Å². The van der Waals surface area contributed by atoms with Gasteiger partial charge in [-0.1, -0.05) is 36.4 Å². The molecule has 2 saturated heterocycles. The second kappa shape index (κ2) is 7.92. The fourth-order valence-electron chi connectivity index (χ4n) is 3.86. The lowest BCUT2D eigenvalue weighted by atomic mass is 10.1. The van der Waals surface area contributed by atoms with E-state index in [2.05, 4.69) is 29.2 Å². The first-order chi connectivity index (χ1) is 13.2. The van der Waals surface area contributed by atoms with Crippen LogP contribution in [0.15, 0.2) is 54.6 Å². The molecule has 0 aliphatic carbocycles. The standard InChI is InChI=1S/C22H25N3O2/c26-21-10-5-11-25(21)20-9-4-8-19(16-20)22(27)24-14-12-23(13-15-24)17-18-6-2-1-3-7-18/h1-4,6-9,16H,5,10-15,17H2. The third kappa shape index (κ3) is 4.03. The maximum Gasteiger partial charge on any atom is 0.254 e. The van der Waals surface area contributed by atoms with E-state index in [0.717, 1.165) is 51.4 Å². The number of hydrogen-bond donors (Lipinski definition) is 0. The molecule has 0 radical (unpaired) electrons. The van der Waals surface area contributed by atoms with Crippen molar-refractivity contribution in [2.45, 2.75) is 19.4 Å². The van der Waals surface area contributed by atoms with E-state index in [0.29, 0.717) is 12.0 Å². The van der Waals surface area contributed by atoms with Crippen LogP contribution >= 0.6 is 0 Å². The maximum atomic E-state index is 12.9. The zero-order valence-corrected chi connectivity index (χ0v) is 15.5. The van der Waals surface area contributed by atoms with Gasteiger partial charge >= 0.3 is 0 Å². The lowest BCUT2D eigenvalue weighted by molar-refractivity contribution is -0.117. The van der Waals surface area contributed by atoms with Crippen molar-refractivity contribution >= 4 is 17.5 Å². The summed E-state index contributed by atoms with van der Waals surface area (Å²) in [6, 6.07) is 17.9. The van der Waals surface area contributed by atoms with Crippen molar-refractivity contribution in [1.29, 1.82) is 0 Å². The molecule has 0 bridgehead atoms. The van der Waals surface area contributed by atoms with Gasteiger partial charge in [-0.05, 0) is 30.2 Å². The van der Waals surface area contributed by atoms with E-state index in [-0.39, 0.29) is 11.8 Å². The molecule has 27 heavy (non-hydrogen) atoms.